The lowest BCUT2D eigenvalue weighted by molar-refractivity contribution is -0.118. The lowest BCUT2D eigenvalue weighted by Crippen LogP contribution is -2.20. The fraction of sp³-hybridized carbons (Fsp3) is 0.222. The minimum Gasteiger partial charge on any atom is -0.497 e. The van der Waals surface area contributed by atoms with E-state index in [1.54, 1.807) is 19.4 Å². The second kappa shape index (κ2) is 11.2. The van der Waals surface area contributed by atoms with E-state index in [9.17, 15) is 4.79 Å². The summed E-state index contributed by atoms with van der Waals surface area (Å²) in [7, 11) is 1.63. The number of hydrogen-bond acceptors (Lipinski definition) is 7. The lowest BCUT2D eigenvalue weighted by atomic mass is 9.87. The van der Waals surface area contributed by atoms with Crippen molar-refractivity contribution in [1.82, 2.24) is 25.2 Å². The summed E-state index contributed by atoms with van der Waals surface area (Å²) in [6, 6.07) is 21.5. The van der Waals surface area contributed by atoms with E-state index in [2.05, 4.69) is 70.7 Å². The quantitative estimate of drug-likeness (QED) is 0.211. The van der Waals surface area contributed by atoms with Crippen molar-refractivity contribution in [3.8, 4) is 22.8 Å². The molecule has 2 heterocycles. The monoisotopic (exact) mass is 500 g/mol. The molecule has 0 aliphatic heterocycles. The molecule has 0 unspecified atom stereocenters. The fourth-order valence-electron chi connectivity index (χ4n) is 3.42. The molecule has 36 heavy (non-hydrogen) atoms. The van der Waals surface area contributed by atoms with Gasteiger partial charge in [0.2, 0.25) is 0 Å². The molecule has 2 aromatic carbocycles. The van der Waals surface area contributed by atoms with Crippen LogP contribution >= 0.6 is 11.8 Å². The van der Waals surface area contributed by atoms with Gasteiger partial charge in [-0.3, -0.25) is 14.3 Å². The zero-order chi connectivity index (χ0) is 25.5. The van der Waals surface area contributed by atoms with Crippen LogP contribution in [0.15, 0.2) is 83.2 Å². The summed E-state index contributed by atoms with van der Waals surface area (Å²) in [6.45, 7) is 6.55. The normalized spacial score (nSPS) is 11.6. The average molecular weight is 501 g/mol. The van der Waals surface area contributed by atoms with Crippen molar-refractivity contribution in [3.05, 3.63) is 84.2 Å². The number of thioether (sulfide) groups is 1. The molecule has 0 bridgehead atoms. The molecule has 8 nitrogen and oxygen atoms in total. The average Bonchev–Trinajstić information content (AvgIpc) is 3.31. The number of hydrazone groups is 1. The molecular weight excluding hydrogens is 472 g/mol. The Balaban J connectivity index is 1.56. The van der Waals surface area contributed by atoms with Crippen LogP contribution in [0.5, 0.6) is 5.75 Å². The summed E-state index contributed by atoms with van der Waals surface area (Å²) in [6.07, 6.45) is 3.17. The molecular formula is C27H28N6O2S. The molecule has 1 N–H and O–H groups in total. The van der Waals surface area contributed by atoms with Crippen LogP contribution in [0.25, 0.3) is 17.1 Å². The number of benzene rings is 2. The van der Waals surface area contributed by atoms with Crippen LogP contribution in [-0.4, -0.2) is 44.7 Å². The molecule has 0 aliphatic rings. The number of carbonyl (C=O) groups excluding carboxylic acids is 1. The summed E-state index contributed by atoms with van der Waals surface area (Å²) in [5.41, 5.74) is 6.28. The molecule has 4 rings (SSSR count). The van der Waals surface area contributed by atoms with Gasteiger partial charge in [0.15, 0.2) is 11.0 Å². The highest BCUT2D eigenvalue weighted by Crippen LogP contribution is 2.30. The van der Waals surface area contributed by atoms with Gasteiger partial charge in [-0.2, -0.15) is 5.10 Å². The van der Waals surface area contributed by atoms with Crippen molar-refractivity contribution < 1.29 is 9.53 Å². The van der Waals surface area contributed by atoms with Gasteiger partial charge in [-0.25, -0.2) is 5.43 Å². The minimum atomic E-state index is -0.257. The Morgan fingerprint density at radius 1 is 1.06 bits per heavy atom. The van der Waals surface area contributed by atoms with Crippen LogP contribution in [0.2, 0.25) is 0 Å². The predicted octanol–water partition coefficient (Wildman–Crippen LogP) is 4.88. The molecule has 0 radical (unpaired) electrons. The van der Waals surface area contributed by atoms with Crippen molar-refractivity contribution in [2.45, 2.75) is 31.3 Å². The molecule has 4 aromatic rings. The number of rotatable bonds is 8. The van der Waals surface area contributed by atoms with Crippen molar-refractivity contribution in [2.75, 3.05) is 12.9 Å². The van der Waals surface area contributed by atoms with Gasteiger partial charge in [0.25, 0.3) is 5.91 Å². The first-order valence-electron chi connectivity index (χ1n) is 11.4. The molecule has 1 amide bonds. The largest absolute Gasteiger partial charge is 0.497 e. The van der Waals surface area contributed by atoms with Crippen LogP contribution in [0.1, 0.15) is 32.0 Å². The van der Waals surface area contributed by atoms with Crippen molar-refractivity contribution in [1.29, 1.82) is 0 Å². The van der Waals surface area contributed by atoms with E-state index in [4.69, 9.17) is 4.74 Å². The minimum absolute atomic E-state index is 0.0512. The van der Waals surface area contributed by atoms with Gasteiger partial charge >= 0.3 is 0 Å². The van der Waals surface area contributed by atoms with Crippen molar-refractivity contribution in [3.63, 3.8) is 0 Å². The number of amides is 1. The smallest absolute Gasteiger partial charge is 0.250 e. The maximum Gasteiger partial charge on any atom is 0.250 e. The lowest BCUT2D eigenvalue weighted by Gasteiger charge is -2.19. The van der Waals surface area contributed by atoms with Gasteiger partial charge in [0.05, 0.1) is 24.8 Å². The number of aromatic nitrogens is 4. The second-order valence-corrected chi connectivity index (χ2v) is 9.95. The number of methoxy groups -OCH3 is 1. The fourth-order valence-corrected chi connectivity index (χ4v) is 4.16. The highest BCUT2D eigenvalue weighted by atomic mass is 32.2. The Bertz CT molecular complexity index is 1330. The number of ether oxygens (including phenoxy) is 1. The number of nitrogens with one attached hydrogen (secondary N) is 1. The van der Waals surface area contributed by atoms with Gasteiger partial charge in [0, 0.05) is 17.4 Å². The maximum absolute atomic E-state index is 12.4. The summed E-state index contributed by atoms with van der Waals surface area (Å²) in [5.74, 6) is 1.31. The van der Waals surface area contributed by atoms with Crippen LogP contribution in [0.4, 0.5) is 0 Å². The third kappa shape index (κ3) is 6.17. The maximum atomic E-state index is 12.4. The van der Waals surface area contributed by atoms with E-state index < -0.39 is 0 Å². The van der Waals surface area contributed by atoms with Gasteiger partial charge in [-0.1, -0.05) is 62.9 Å². The Kier molecular flexibility index (Phi) is 7.80. The third-order valence-electron chi connectivity index (χ3n) is 5.38. The van der Waals surface area contributed by atoms with Crippen molar-refractivity contribution in [2.24, 2.45) is 5.10 Å². The first kappa shape index (κ1) is 25.1. The Morgan fingerprint density at radius 3 is 2.44 bits per heavy atom. The number of carbonyl (C=O) groups is 1. The topological polar surface area (TPSA) is 94.3 Å². The Labute approximate surface area is 214 Å². The van der Waals surface area contributed by atoms with Crippen LogP contribution in [0, 0.1) is 0 Å². The number of nitrogens with zero attached hydrogens (tertiary/aromatic N) is 5. The zero-order valence-electron chi connectivity index (χ0n) is 20.7. The molecule has 0 aliphatic carbocycles. The molecule has 0 spiro atoms. The summed E-state index contributed by atoms with van der Waals surface area (Å²) in [5, 5.41) is 13.4. The molecule has 0 fully saturated rings. The van der Waals surface area contributed by atoms with Crippen LogP contribution in [-0.2, 0) is 10.2 Å². The molecule has 9 heteroatoms. The molecule has 0 atom stereocenters. The SMILES string of the molecule is COc1ccc(-n2c(SCC(=O)N/N=C/c3ccccn3)nnc2-c2ccc(C(C)(C)C)cc2)cc1. The van der Waals surface area contributed by atoms with Crippen LogP contribution in [0.3, 0.4) is 0 Å². The summed E-state index contributed by atoms with van der Waals surface area (Å²) >= 11 is 1.29. The first-order valence-corrected chi connectivity index (χ1v) is 12.4. The second-order valence-electron chi connectivity index (χ2n) is 9.00. The Hall–Kier alpha value is -3.98. The molecule has 0 saturated heterocycles. The van der Waals surface area contributed by atoms with Crippen molar-refractivity contribution >= 4 is 23.9 Å². The molecule has 0 saturated carbocycles. The summed E-state index contributed by atoms with van der Waals surface area (Å²) < 4.78 is 7.25. The Morgan fingerprint density at radius 2 is 1.81 bits per heavy atom. The zero-order valence-corrected chi connectivity index (χ0v) is 21.5. The van der Waals surface area contributed by atoms with E-state index in [1.165, 1.54) is 23.5 Å². The van der Waals surface area contributed by atoms with E-state index in [0.29, 0.717) is 16.7 Å². The van der Waals surface area contributed by atoms with E-state index in [0.717, 1.165) is 17.0 Å². The number of hydrogen-bond donors (Lipinski definition) is 1. The highest BCUT2D eigenvalue weighted by molar-refractivity contribution is 7.99. The molecule has 2 aromatic heterocycles. The third-order valence-corrected chi connectivity index (χ3v) is 6.31. The summed E-state index contributed by atoms with van der Waals surface area (Å²) in [4.78, 5) is 16.5. The molecule has 184 valence electrons. The van der Waals surface area contributed by atoms with Gasteiger partial charge < -0.3 is 4.74 Å². The van der Waals surface area contributed by atoms with Gasteiger partial charge in [-0.05, 0) is 47.4 Å². The standard InChI is InChI=1S/C27H28N6O2S/c1-27(2,3)20-10-8-19(9-11-20)25-31-32-26(33(25)22-12-14-23(35-4)15-13-22)36-18-24(34)30-29-17-21-7-5-6-16-28-21/h5-17H,18H2,1-4H3,(H,30,34)/b29-17+. The van der Waals surface area contributed by atoms with E-state index >= 15 is 0 Å². The highest BCUT2D eigenvalue weighted by Gasteiger charge is 2.19. The predicted molar refractivity (Wildman–Crippen MR) is 143 cm³/mol. The number of pyridine rings is 1. The van der Waals surface area contributed by atoms with E-state index in [-0.39, 0.29) is 17.1 Å². The van der Waals surface area contributed by atoms with E-state index in [1.807, 2.05) is 41.0 Å². The van der Waals surface area contributed by atoms with Gasteiger partial charge in [0.1, 0.15) is 5.75 Å². The first-order chi connectivity index (χ1) is 17.3. The van der Waals surface area contributed by atoms with Gasteiger partial charge in [-0.15, -0.1) is 10.2 Å². The van der Waals surface area contributed by atoms with Crippen LogP contribution < -0.4 is 10.2 Å².